The lowest BCUT2D eigenvalue weighted by atomic mass is 9.91. The van der Waals surface area contributed by atoms with E-state index in [1.807, 2.05) is 12.1 Å². The summed E-state index contributed by atoms with van der Waals surface area (Å²) in [6.07, 6.45) is 3.19. The average molecular weight is 503 g/mol. The fourth-order valence-electron chi connectivity index (χ4n) is 3.16. The predicted molar refractivity (Wildman–Crippen MR) is 116 cm³/mol. The third-order valence-electron chi connectivity index (χ3n) is 4.67. The minimum Gasteiger partial charge on any atom is -0.475 e. The van der Waals surface area contributed by atoms with E-state index in [2.05, 4.69) is 21.2 Å². The van der Waals surface area contributed by atoms with Gasteiger partial charge < -0.3 is 25.3 Å². The van der Waals surface area contributed by atoms with E-state index in [1.165, 1.54) is 0 Å². The lowest BCUT2D eigenvalue weighted by molar-refractivity contribution is -0.192. The molecule has 13 heteroatoms. The molecule has 0 aromatic carbocycles. The number of hydrogen-bond donors (Lipinski definition) is 3. The molecule has 0 bridgehead atoms. The monoisotopic (exact) mass is 502 g/mol. The molecule has 0 spiro atoms. The Balaban J connectivity index is 0.000000383. The highest BCUT2D eigenvalue weighted by Gasteiger charge is 2.38. The standard InChI is InChI=1S/C18H17ClN4O2S.C2HF3O2/c1-2-11-14-16(26-15(11)12-5-7-24-9-13(12)20)17(23-18(19)22-14)21-8-10-4-3-6-25-10;3-2(4,5)1(6)7/h1,3-4,6,12-13H,5,7-9,20H2,(H,21,22,23);(H,6,7)/t12-,13-;/m1./s1. The van der Waals surface area contributed by atoms with Crippen LogP contribution in [0.1, 0.15) is 28.5 Å². The number of ether oxygens (including phenoxy) is 1. The number of hydrogen-bond acceptors (Lipinski definition) is 8. The van der Waals surface area contributed by atoms with Crippen LogP contribution in [0.15, 0.2) is 22.8 Å². The summed E-state index contributed by atoms with van der Waals surface area (Å²) in [6, 6.07) is 3.64. The summed E-state index contributed by atoms with van der Waals surface area (Å²) in [5, 5.41) is 10.5. The number of anilines is 1. The highest BCUT2D eigenvalue weighted by molar-refractivity contribution is 7.20. The first-order valence-electron chi connectivity index (χ1n) is 9.48. The molecule has 176 valence electrons. The number of alkyl halides is 3. The number of fused-ring (bicyclic) bond motifs is 1. The van der Waals surface area contributed by atoms with Gasteiger partial charge in [0.2, 0.25) is 5.28 Å². The van der Waals surface area contributed by atoms with Crippen molar-refractivity contribution in [1.29, 1.82) is 0 Å². The summed E-state index contributed by atoms with van der Waals surface area (Å²) in [6.45, 7) is 1.69. The normalized spacial score (nSPS) is 18.3. The quantitative estimate of drug-likeness (QED) is 0.361. The SMILES string of the molecule is C#Cc1c([C@@H]2CCOC[C@H]2N)sc2c(NCc3ccco3)nc(Cl)nc12.O=C(O)C(F)(F)F. The molecule has 8 nitrogen and oxygen atoms in total. The number of nitrogens with zero attached hydrogens (tertiary/aromatic N) is 2. The molecule has 1 aliphatic rings. The zero-order valence-electron chi connectivity index (χ0n) is 16.9. The Morgan fingerprint density at radius 1 is 1.45 bits per heavy atom. The Morgan fingerprint density at radius 3 is 2.76 bits per heavy atom. The van der Waals surface area contributed by atoms with Gasteiger partial charge in [0.15, 0.2) is 0 Å². The first-order valence-corrected chi connectivity index (χ1v) is 10.7. The van der Waals surface area contributed by atoms with Crippen molar-refractivity contribution < 1.29 is 32.2 Å². The maximum absolute atomic E-state index is 10.6. The molecule has 0 saturated carbocycles. The maximum atomic E-state index is 10.6. The summed E-state index contributed by atoms with van der Waals surface area (Å²) >= 11 is 7.72. The zero-order valence-corrected chi connectivity index (χ0v) is 18.4. The second-order valence-electron chi connectivity index (χ2n) is 6.87. The lowest BCUT2D eigenvalue weighted by Gasteiger charge is -2.28. The van der Waals surface area contributed by atoms with Crippen LogP contribution in [0.2, 0.25) is 5.28 Å². The summed E-state index contributed by atoms with van der Waals surface area (Å²) in [4.78, 5) is 18.7. The van der Waals surface area contributed by atoms with Crippen molar-refractivity contribution in [3.63, 3.8) is 0 Å². The summed E-state index contributed by atoms with van der Waals surface area (Å²) in [5.74, 6) is 1.61. The Kier molecular flexibility index (Phi) is 7.80. The lowest BCUT2D eigenvalue weighted by Crippen LogP contribution is -2.37. The molecule has 1 saturated heterocycles. The number of nitrogens with two attached hydrogens (primary N) is 1. The molecule has 3 aromatic heterocycles. The van der Waals surface area contributed by atoms with E-state index < -0.39 is 12.1 Å². The number of thiophene rings is 1. The van der Waals surface area contributed by atoms with Crippen LogP contribution in [0.3, 0.4) is 0 Å². The van der Waals surface area contributed by atoms with Crippen molar-refractivity contribution in [2.24, 2.45) is 5.73 Å². The van der Waals surface area contributed by atoms with Crippen LogP contribution in [-0.4, -0.2) is 46.5 Å². The molecule has 1 fully saturated rings. The number of nitrogens with one attached hydrogen (secondary N) is 1. The molecular formula is C20H18ClF3N4O4S. The highest BCUT2D eigenvalue weighted by atomic mass is 35.5. The Labute approximate surface area is 194 Å². The molecule has 0 unspecified atom stereocenters. The van der Waals surface area contributed by atoms with Gasteiger partial charge in [-0.3, -0.25) is 0 Å². The van der Waals surface area contributed by atoms with E-state index in [0.717, 1.165) is 27.3 Å². The van der Waals surface area contributed by atoms with Crippen molar-refractivity contribution in [3.8, 4) is 12.3 Å². The van der Waals surface area contributed by atoms with Crippen molar-refractivity contribution in [2.75, 3.05) is 18.5 Å². The number of carbonyl (C=O) groups is 1. The van der Waals surface area contributed by atoms with E-state index in [9.17, 15) is 13.2 Å². The number of furan rings is 1. The number of halogens is 4. The topological polar surface area (TPSA) is 124 Å². The molecule has 4 rings (SSSR count). The Hall–Kier alpha value is -2.85. The molecule has 4 N–H and O–H groups in total. The van der Waals surface area contributed by atoms with Gasteiger partial charge in [0.1, 0.15) is 17.1 Å². The minimum absolute atomic E-state index is 0.0909. The van der Waals surface area contributed by atoms with Gasteiger partial charge in [-0.15, -0.1) is 17.8 Å². The van der Waals surface area contributed by atoms with Gasteiger partial charge in [-0.1, -0.05) is 5.92 Å². The fraction of sp³-hybridized carbons (Fsp3) is 0.350. The predicted octanol–water partition coefficient (Wildman–Crippen LogP) is 4.00. The molecule has 0 amide bonds. The van der Waals surface area contributed by atoms with Crippen LogP contribution in [0.5, 0.6) is 0 Å². The van der Waals surface area contributed by atoms with E-state index in [1.54, 1.807) is 17.6 Å². The van der Waals surface area contributed by atoms with Crippen molar-refractivity contribution in [1.82, 2.24) is 9.97 Å². The van der Waals surface area contributed by atoms with E-state index in [0.29, 0.717) is 31.1 Å². The molecule has 3 aromatic rings. The second-order valence-corrected chi connectivity index (χ2v) is 8.26. The van der Waals surface area contributed by atoms with Crippen LogP contribution in [-0.2, 0) is 16.1 Å². The summed E-state index contributed by atoms with van der Waals surface area (Å²) < 4.78 is 43.4. The average Bonchev–Trinajstić information content (AvgIpc) is 3.39. The largest absolute Gasteiger partial charge is 0.490 e. The fourth-order valence-corrected chi connectivity index (χ4v) is 4.71. The zero-order chi connectivity index (χ0) is 24.2. The van der Waals surface area contributed by atoms with Crippen molar-refractivity contribution >= 4 is 44.9 Å². The van der Waals surface area contributed by atoms with Gasteiger partial charge in [0.25, 0.3) is 0 Å². The number of carboxylic acid groups (broad SMARTS) is 1. The van der Waals surface area contributed by atoms with E-state index in [4.69, 9.17) is 42.8 Å². The minimum atomic E-state index is -5.08. The molecule has 1 aliphatic heterocycles. The Morgan fingerprint density at radius 2 is 2.18 bits per heavy atom. The van der Waals surface area contributed by atoms with Gasteiger partial charge in [0, 0.05) is 23.4 Å². The molecule has 0 aliphatic carbocycles. The molecular weight excluding hydrogens is 485 g/mol. The third kappa shape index (κ3) is 5.94. The number of terminal acetylenes is 1. The van der Waals surface area contributed by atoms with Gasteiger partial charge in [0.05, 0.1) is 29.7 Å². The first kappa shape index (κ1) is 24.8. The van der Waals surface area contributed by atoms with Crippen LogP contribution in [0.4, 0.5) is 19.0 Å². The molecule has 4 heterocycles. The van der Waals surface area contributed by atoms with Gasteiger partial charge in [-0.2, -0.15) is 18.2 Å². The van der Waals surface area contributed by atoms with Crippen molar-refractivity contribution in [2.45, 2.75) is 31.1 Å². The van der Waals surface area contributed by atoms with E-state index >= 15 is 0 Å². The Bertz CT molecular complexity index is 1160. The van der Waals surface area contributed by atoms with Crippen LogP contribution in [0.25, 0.3) is 10.2 Å². The van der Waals surface area contributed by atoms with E-state index in [-0.39, 0.29) is 17.2 Å². The number of aliphatic carboxylic acids is 1. The van der Waals surface area contributed by atoms with Gasteiger partial charge in [-0.25, -0.2) is 9.78 Å². The molecule has 2 atom stereocenters. The van der Waals surface area contributed by atoms with Crippen LogP contribution >= 0.6 is 22.9 Å². The molecule has 33 heavy (non-hydrogen) atoms. The second kappa shape index (κ2) is 10.4. The molecule has 0 radical (unpaired) electrons. The number of rotatable bonds is 4. The first-order chi connectivity index (χ1) is 15.6. The van der Waals surface area contributed by atoms with Crippen LogP contribution in [0, 0.1) is 12.3 Å². The van der Waals surface area contributed by atoms with Gasteiger partial charge in [-0.05, 0) is 30.2 Å². The smallest absolute Gasteiger partial charge is 0.475 e. The highest BCUT2D eigenvalue weighted by Crippen LogP contribution is 2.41. The maximum Gasteiger partial charge on any atom is 0.490 e. The van der Waals surface area contributed by atoms with Crippen molar-refractivity contribution in [3.05, 3.63) is 39.9 Å². The summed E-state index contributed by atoms with van der Waals surface area (Å²) in [5.41, 5.74) is 7.71. The third-order valence-corrected chi connectivity index (χ3v) is 6.15. The number of carboxylic acids is 1. The number of aromatic nitrogens is 2. The van der Waals surface area contributed by atoms with Crippen LogP contribution < -0.4 is 11.1 Å². The van der Waals surface area contributed by atoms with Gasteiger partial charge >= 0.3 is 12.1 Å². The summed E-state index contributed by atoms with van der Waals surface area (Å²) in [7, 11) is 0.